The van der Waals surface area contributed by atoms with Gasteiger partial charge in [0.05, 0.1) is 25.4 Å². The second kappa shape index (κ2) is 53.7. The van der Waals surface area contributed by atoms with Crippen molar-refractivity contribution in [1.29, 1.82) is 0 Å². The van der Waals surface area contributed by atoms with Gasteiger partial charge in [-0.1, -0.05) is 237 Å². The highest BCUT2D eigenvalue weighted by molar-refractivity contribution is 5.76. The smallest absolute Gasteiger partial charge is 0.305 e. The summed E-state index contributed by atoms with van der Waals surface area (Å²) in [4.78, 5) is 24.5. The van der Waals surface area contributed by atoms with Gasteiger partial charge in [0.2, 0.25) is 5.91 Å². The molecular weight excluding hydrogens is 791 g/mol. The Labute approximate surface area is 398 Å². The van der Waals surface area contributed by atoms with E-state index in [-0.39, 0.29) is 18.5 Å². The monoisotopic (exact) mass is 900 g/mol. The van der Waals surface area contributed by atoms with Crippen LogP contribution in [0.2, 0.25) is 0 Å². The SMILES string of the molecule is CCCCCC/C=C\C/C=C\CCCCCCCC(=O)OCCCCCCCCCCCC/C=C\CCCCCCCCCC(=O)NC(CO)C(O)CCCCCCCCCCCC. The maximum absolute atomic E-state index is 12.4. The molecule has 2 unspecified atom stereocenters. The van der Waals surface area contributed by atoms with E-state index < -0.39 is 12.1 Å². The molecule has 0 radical (unpaired) electrons. The fraction of sp³-hybridized carbons (Fsp3) is 0.862. The van der Waals surface area contributed by atoms with Crippen LogP contribution in [0, 0.1) is 0 Å². The summed E-state index contributed by atoms with van der Waals surface area (Å²) in [6, 6.07) is -0.546. The number of nitrogens with one attached hydrogen (secondary N) is 1. The number of amides is 1. The van der Waals surface area contributed by atoms with Crippen molar-refractivity contribution in [1.82, 2.24) is 5.32 Å². The van der Waals surface area contributed by atoms with Gasteiger partial charge in [-0.2, -0.15) is 0 Å². The number of aliphatic hydroxyl groups excluding tert-OH is 2. The van der Waals surface area contributed by atoms with E-state index in [1.54, 1.807) is 0 Å². The van der Waals surface area contributed by atoms with Gasteiger partial charge < -0.3 is 20.3 Å². The molecule has 0 fully saturated rings. The average molecular weight is 901 g/mol. The van der Waals surface area contributed by atoms with Gasteiger partial charge >= 0.3 is 5.97 Å². The lowest BCUT2D eigenvalue weighted by Gasteiger charge is -2.22. The van der Waals surface area contributed by atoms with Crippen molar-refractivity contribution in [2.75, 3.05) is 13.2 Å². The number of carbonyl (C=O) groups excluding carboxylic acids is 2. The lowest BCUT2D eigenvalue weighted by Crippen LogP contribution is -2.45. The van der Waals surface area contributed by atoms with E-state index >= 15 is 0 Å². The van der Waals surface area contributed by atoms with Crippen molar-refractivity contribution in [3.63, 3.8) is 0 Å². The fourth-order valence-electron chi connectivity index (χ4n) is 8.55. The van der Waals surface area contributed by atoms with E-state index in [1.807, 2.05) is 0 Å². The molecule has 6 heteroatoms. The predicted molar refractivity (Wildman–Crippen MR) is 278 cm³/mol. The fourth-order valence-corrected chi connectivity index (χ4v) is 8.55. The van der Waals surface area contributed by atoms with Gasteiger partial charge in [-0.3, -0.25) is 9.59 Å². The van der Waals surface area contributed by atoms with E-state index in [1.165, 1.54) is 212 Å². The number of hydrogen-bond acceptors (Lipinski definition) is 5. The minimum absolute atomic E-state index is 0.00567. The molecule has 0 saturated carbocycles. The molecule has 0 rings (SSSR count). The van der Waals surface area contributed by atoms with Gasteiger partial charge in [0, 0.05) is 12.8 Å². The molecule has 0 saturated heterocycles. The molecule has 0 aliphatic carbocycles. The van der Waals surface area contributed by atoms with E-state index in [0.717, 1.165) is 51.4 Å². The van der Waals surface area contributed by atoms with Crippen LogP contribution in [0.15, 0.2) is 36.5 Å². The normalized spacial score (nSPS) is 12.9. The number of ether oxygens (including phenoxy) is 1. The zero-order valence-corrected chi connectivity index (χ0v) is 42.8. The lowest BCUT2D eigenvalue weighted by molar-refractivity contribution is -0.143. The molecule has 0 aromatic rings. The van der Waals surface area contributed by atoms with Crippen LogP contribution >= 0.6 is 0 Å². The van der Waals surface area contributed by atoms with Crippen LogP contribution in [-0.2, 0) is 14.3 Å². The average Bonchev–Trinajstić information content (AvgIpc) is 3.29. The van der Waals surface area contributed by atoms with Crippen LogP contribution in [0.25, 0.3) is 0 Å². The second-order valence-electron chi connectivity index (χ2n) is 19.3. The third-order valence-electron chi connectivity index (χ3n) is 12.9. The molecule has 0 spiro atoms. The molecule has 6 nitrogen and oxygen atoms in total. The van der Waals surface area contributed by atoms with Crippen LogP contribution in [-0.4, -0.2) is 47.4 Å². The van der Waals surface area contributed by atoms with Crippen LogP contribution in [0.1, 0.15) is 296 Å². The van der Waals surface area contributed by atoms with Gasteiger partial charge in [0.1, 0.15) is 0 Å². The van der Waals surface area contributed by atoms with Crippen LogP contribution < -0.4 is 5.32 Å². The maximum atomic E-state index is 12.4. The van der Waals surface area contributed by atoms with E-state index in [2.05, 4.69) is 55.6 Å². The third-order valence-corrected chi connectivity index (χ3v) is 12.9. The minimum atomic E-state index is -0.668. The second-order valence-corrected chi connectivity index (χ2v) is 19.3. The van der Waals surface area contributed by atoms with Crippen molar-refractivity contribution < 1.29 is 24.5 Å². The van der Waals surface area contributed by atoms with Crippen LogP contribution in [0.3, 0.4) is 0 Å². The molecule has 0 heterocycles. The first-order valence-corrected chi connectivity index (χ1v) is 28.2. The summed E-state index contributed by atoms with van der Waals surface area (Å²) in [5.41, 5.74) is 0. The summed E-state index contributed by atoms with van der Waals surface area (Å²) < 4.78 is 5.47. The highest BCUT2D eigenvalue weighted by atomic mass is 16.5. The van der Waals surface area contributed by atoms with Crippen molar-refractivity contribution >= 4 is 11.9 Å². The number of hydrogen-bond donors (Lipinski definition) is 3. The molecule has 64 heavy (non-hydrogen) atoms. The van der Waals surface area contributed by atoms with Crippen molar-refractivity contribution in [3.8, 4) is 0 Å². The summed E-state index contributed by atoms with van der Waals surface area (Å²) in [6.45, 7) is 4.91. The zero-order valence-electron chi connectivity index (χ0n) is 42.8. The first-order valence-electron chi connectivity index (χ1n) is 28.2. The largest absolute Gasteiger partial charge is 0.466 e. The third kappa shape index (κ3) is 49.5. The molecule has 0 aromatic heterocycles. The molecule has 0 aromatic carbocycles. The highest BCUT2D eigenvalue weighted by Crippen LogP contribution is 2.16. The topological polar surface area (TPSA) is 95.9 Å². The number of aliphatic hydroxyl groups is 2. The standard InChI is InChI=1S/C58H109NO5/c1-3-5-7-9-11-13-15-16-17-26-29-32-36-40-44-48-52-58(63)64-53-49-45-41-37-33-30-27-24-22-20-18-19-21-23-25-28-31-35-39-43-47-51-57(62)59-55(54-60)56(61)50-46-42-38-34-14-12-10-8-6-4-2/h13,15,17,19,21,26,55-56,60-61H,3-12,14,16,18,20,22-25,27-54H2,1-2H3,(H,59,62)/b15-13-,21-19-,26-17-. The predicted octanol–water partition coefficient (Wildman–Crippen LogP) is 17.2. The molecule has 0 aliphatic heterocycles. The molecule has 0 aliphatic rings. The molecule has 2 atom stereocenters. The molecule has 376 valence electrons. The van der Waals surface area contributed by atoms with Crippen molar-refractivity contribution in [2.24, 2.45) is 0 Å². The number of allylic oxidation sites excluding steroid dienone is 6. The number of unbranched alkanes of at least 4 members (excludes halogenated alkanes) is 35. The Morgan fingerprint density at radius 3 is 1.22 bits per heavy atom. The number of esters is 1. The molecule has 3 N–H and O–H groups in total. The van der Waals surface area contributed by atoms with E-state index in [0.29, 0.717) is 25.9 Å². The van der Waals surface area contributed by atoms with Crippen LogP contribution in [0.5, 0.6) is 0 Å². The van der Waals surface area contributed by atoms with Gasteiger partial charge in [-0.05, 0) is 83.5 Å². The van der Waals surface area contributed by atoms with Gasteiger partial charge in [0.15, 0.2) is 0 Å². The van der Waals surface area contributed by atoms with Crippen molar-refractivity contribution in [3.05, 3.63) is 36.5 Å². The van der Waals surface area contributed by atoms with E-state index in [4.69, 9.17) is 4.74 Å². The van der Waals surface area contributed by atoms with E-state index in [9.17, 15) is 19.8 Å². The molecular formula is C58H109NO5. The summed E-state index contributed by atoms with van der Waals surface area (Å²) in [7, 11) is 0. The Morgan fingerprint density at radius 1 is 0.438 bits per heavy atom. The first kappa shape index (κ1) is 62.1. The minimum Gasteiger partial charge on any atom is -0.466 e. The molecule has 0 bridgehead atoms. The first-order chi connectivity index (χ1) is 31.5. The Kier molecular flexibility index (Phi) is 52.1. The maximum Gasteiger partial charge on any atom is 0.305 e. The summed E-state index contributed by atoms with van der Waals surface area (Å²) in [6.07, 6.45) is 65.6. The van der Waals surface area contributed by atoms with Crippen LogP contribution in [0.4, 0.5) is 0 Å². The Morgan fingerprint density at radius 2 is 0.781 bits per heavy atom. The number of rotatable bonds is 52. The molecule has 1 amide bonds. The summed E-state index contributed by atoms with van der Waals surface area (Å²) >= 11 is 0. The number of carbonyl (C=O) groups is 2. The van der Waals surface area contributed by atoms with Crippen molar-refractivity contribution in [2.45, 2.75) is 309 Å². The summed E-state index contributed by atoms with van der Waals surface area (Å²) in [5, 5.41) is 23.1. The Bertz CT molecular complexity index is 1040. The van der Waals surface area contributed by atoms with Gasteiger partial charge in [-0.25, -0.2) is 0 Å². The lowest BCUT2D eigenvalue weighted by atomic mass is 10.0. The van der Waals surface area contributed by atoms with Gasteiger partial charge in [-0.15, -0.1) is 0 Å². The quantitative estimate of drug-likeness (QED) is 0.0321. The van der Waals surface area contributed by atoms with Gasteiger partial charge in [0.25, 0.3) is 0 Å². The summed E-state index contributed by atoms with van der Waals surface area (Å²) in [5.74, 6) is -0.0506. The zero-order chi connectivity index (χ0) is 46.5. The Balaban J connectivity index is 3.41. The Hall–Kier alpha value is -1.92. The highest BCUT2D eigenvalue weighted by Gasteiger charge is 2.20.